The number of ether oxygens (including phenoxy) is 2. The normalized spacial score (nSPS) is 10.7. The van der Waals surface area contributed by atoms with Crippen molar-refractivity contribution in [2.45, 2.75) is 33.8 Å². The molecule has 0 spiro atoms. The number of hydrogen-bond donors (Lipinski definition) is 2. The molecule has 0 unspecified atom stereocenters. The molecule has 1 aromatic carbocycles. The largest absolute Gasteiger partial charge is 0.490 e. The second kappa shape index (κ2) is 9.18. The van der Waals surface area contributed by atoms with Crippen LogP contribution in [0.1, 0.15) is 33.3 Å². The first-order valence-electron chi connectivity index (χ1n) is 7.07. The lowest BCUT2D eigenvalue weighted by molar-refractivity contribution is 0.224. The molecular formula is C15H23N3O2S. The molecule has 0 aliphatic carbocycles. The number of rotatable bonds is 7. The van der Waals surface area contributed by atoms with E-state index in [0.717, 1.165) is 17.9 Å². The highest BCUT2D eigenvalue weighted by Crippen LogP contribution is 2.28. The molecule has 0 aliphatic rings. The van der Waals surface area contributed by atoms with Crippen molar-refractivity contribution in [3.05, 3.63) is 23.8 Å². The predicted octanol–water partition coefficient (Wildman–Crippen LogP) is 2.69. The summed E-state index contributed by atoms with van der Waals surface area (Å²) in [6.07, 6.45) is 1.79. The van der Waals surface area contributed by atoms with Crippen LogP contribution in [0.4, 0.5) is 0 Å². The van der Waals surface area contributed by atoms with E-state index < -0.39 is 0 Å². The SMILES string of the molecule is CCNC(=S)N/N=C\c1ccc(OC(C)C)c(OCC)c1. The van der Waals surface area contributed by atoms with E-state index in [0.29, 0.717) is 17.5 Å². The van der Waals surface area contributed by atoms with Crippen molar-refractivity contribution in [2.24, 2.45) is 5.10 Å². The molecule has 0 bridgehead atoms. The Morgan fingerprint density at radius 2 is 2.10 bits per heavy atom. The van der Waals surface area contributed by atoms with Crippen LogP contribution in [-0.4, -0.2) is 30.6 Å². The molecule has 0 aromatic heterocycles. The maximum atomic E-state index is 5.71. The zero-order chi connectivity index (χ0) is 15.7. The van der Waals surface area contributed by atoms with Gasteiger partial charge in [-0.2, -0.15) is 5.10 Å². The van der Waals surface area contributed by atoms with E-state index in [1.807, 2.05) is 45.9 Å². The number of benzene rings is 1. The molecule has 2 N–H and O–H groups in total. The lowest BCUT2D eigenvalue weighted by Crippen LogP contribution is -2.31. The minimum atomic E-state index is 0.0999. The fourth-order valence-electron chi connectivity index (χ4n) is 1.59. The first-order valence-corrected chi connectivity index (χ1v) is 7.48. The molecule has 1 rings (SSSR count). The van der Waals surface area contributed by atoms with Crippen molar-refractivity contribution < 1.29 is 9.47 Å². The van der Waals surface area contributed by atoms with Crippen LogP contribution in [-0.2, 0) is 0 Å². The van der Waals surface area contributed by atoms with Crippen LogP contribution in [0.3, 0.4) is 0 Å². The van der Waals surface area contributed by atoms with Crippen LogP contribution in [0.15, 0.2) is 23.3 Å². The Labute approximate surface area is 131 Å². The quantitative estimate of drug-likeness (QED) is 0.461. The predicted molar refractivity (Wildman–Crippen MR) is 90.4 cm³/mol. The van der Waals surface area contributed by atoms with Gasteiger partial charge in [-0.05, 0) is 63.7 Å². The maximum Gasteiger partial charge on any atom is 0.186 e. The highest BCUT2D eigenvalue weighted by atomic mass is 32.1. The fraction of sp³-hybridized carbons (Fsp3) is 0.467. The molecule has 116 valence electrons. The third-order valence-corrected chi connectivity index (χ3v) is 2.58. The second-order valence-corrected chi connectivity index (χ2v) is 4.94. The summed E-state index contributed by atoms with van der Waals surface area (Å²) >= 11 is 5.02. The zero-order valence-electron chi connectivity index (χ0n) is 13.0. The van der Waals surface area contributed by atoms with E-state index in [-0.39, 0.29) is 6.10 Å². The van der Waals surface area contributed by atoms with E-state index in [1.165, 1.54) is 0 Å². The Morgan fingerprint density at radius 1 is 1.33 bits per heavy atom. The lowest BCUT2D eigenvalue weighted by atomic mass is 10.2. The summed E-state index contributed by atoms with van der Waals surface area (Å²) in [6.45, 7) is 9.22. The summed E-state index contributed by atoms with van der Waals surface area (Å²) in [6, 6.07) is 5.69. The van der Waals surface area contributed by atoms with Gasteiger partial charge in [0, 0.05) is 6.54 Å². The molecule has 0 saturated heterocycles. The van der Waals surface area contributed by atoms with E-state index in [9.17, 15) is 0 Å². The summed E-state index contributed by atoms with van der Waals surface area (Å²) in [5, 5.41) is 7.53. The number of hydrogen-bond acceptors (Lipinski definition) is 4. The third kappa shape index (κ3) is 6.44. The molecule has 0 fully saturated rings. The van der Waals surface area contributed by atoms with Crippen LogP contribution >= 0.6 is 12.2 Å². The van der Waals surface area contributed by atoms with E-state index in [4.69, 9.17) is 21.7 Å². The van der Waals surface area contributed by atoms with Crippen molar-refractivity contribution >= 4 is 23.5 Å². The average molecular weight is 309 g/mol. The van der Waals surface area contributed by atoms with Gasteiger partial charge >= 0.3 is 0 Å². The number of thiocarbonyl (C=S) groups is 1. The summed E-state index contributed by atoms with van der Waals surface area (Å²) < 4.78 is 11.3. The van der Waals surface area contributed by atoms with Crippen LogP contribution in [0, 0.1) is 0 Å². The molecule has 0 amide bonds. The lowest BCUT2D eigenvalue weighted by Gasteiger charge is -2.14. The Hall–Kier alpha value is -1.82. The molecule has 5 nitrogen and oxygen atoms in total. The van der Waals surface area contributed by atoms with Crippen LogP contribution < -0.4 is 20.2 Å². The van der Waals surface area contributed by atoms with E-state index in [2.05, 4.69) is 15.8 Å². The Bertz CT molecular complexity index is 490. The molecule has 0 heterocycles. The third-order valence-electron chi connectivity index (χ3n) is 2.35. The fourth-order valence-corrected chi connectivity index (χ4v) is 1.79. The smallest absolute Gasteiger partial charge is 0.186 e. The molecule has 0 saturated carbocycles. The van der Waals surface area contributed by atoms with E-state index >= 15 is 0 Å². The second-order valence-electron chi connectivity index (χ2n) is 4.54. The highest BCUT2D eigenvalue weighted by Gasteiger charge is 2.07. The highest BCUT2D eigenvalue weighted by molar-refractivity contribution is 7.80. The van der Waals surface area contributed by atoms with Gasteiger partial charge in [-0.25, -0.2) is 0 Å². The van der Waals surface area contributed by atoms with Crippen LogP contribution in [0.5, 0.6) is 11.5 Å². The molecule has 0 radical (unpaired) electrons. The summed E-state index contributed by atoms with van der Waals surface area (Å²) in [5.41, 5.74) is 3.65. The molecular weight excluding hydrogens is 286 g/mol. The Balaban J connectivity index is 2.77. The van der Waals surface area contributed by atoms with Gasteiger partial charge in [0.2, 0.25) is 0 Å². The molecule has 1 aromatic rings. The maximum absolute atomic E-state index is 5.71. The van der Waals surface area contributed by atoms with Gasteiger partial charge in [0.15, 0.2) is 16.6 Å². The Morgan fingerprint density at radius 3 is 2.71 bits per heavy atom. The summed E-state index contributed by atoms with van der Waals surface area (Å²) in [7, 11) is 0. The van der Waals surface area contributed by atoms with Crippen molar-refractivity contribution in [3.63, 3.8) is 0 Å². The van der Waals surface area contributed by atoms with Crippen molar-refractivity contribution in [1.29, 1.82) is 0 Å². The van der Waals surface area contributed by atoms with Gasteiger partial charge in [-0.15, -0.1) is 0 Å². The van der Waals surface area contributed by atoms with Gasteiger partial charge in [0.05, 0.1) is 18.9 Å². The first-order chi connectivity index (χ1) is 10.1. The standard InChI is InChI=1S/C15H23N3O2S/c1-5-16-15(21)18-17-10-12-7-8-13(20-11(3)4)14(9-12)19-6-2/h7-11H,5-6H2,1-4H3,(H2,16,18,21)/b17-10-. The molecule has 21 heavy (non-hydrogen) atoms. The molecule has 6 heteroatoms. The van der Waals surface area contributed by atoms with Crippen molar-refractivity contribution in [3.8, 4) is 11.5 Å². The Kier molecular flexibility index (Phi) is 7.53. The van der Waals surface area contributed by atoms with Gasteiger partial charge < -0.3 is 14.8 Å². The van der Waals surface area contributed by atoms with Crippen molar-refractivity contribution in [1.82, 2.24) is 10.7 Å². The van der Waals surface area contributed by atoms with Gasteiger partial charge in [-0.1, -0.05) is 0 Å². The van der Waals surface area contributed by atoms with Crippen molar-refractivity contribution in [2.75, 3.05) is 13.2 Å². The minimum Gasteiger partial charge on any atom is -0.490 e. The average Bonchev–Trinajstić information content (AvgIpc) is 2.41. The van der Waals surface area contributed by atoms with Crippen LogP contribution in [0.25, 0.3) is 0 Å². The summed E-state index contributed by atoms with van der Waals surface area (Å²) in [4.78, 5) is 0. The van der Waals surface area contributed by atoms with Gasteiger partial charge in [0.1, 0.15) is 0 Å². The van der Waals surface area contributed by atoms with Crippen LogP contribution in [0.2, 0.25) is 0 Å². The topological polar surface area (TPSA) is 54.9 Å². The van der Waals surface area contributed by atoms with Gasteiger partial charge in [0.25, 0.3) is 0 Å². The van der Waals surface area contributed by atoms with E-state index in [1.54, 1.807) is 6.21 Å². The minimum absolute atomic E-state index is 0.0999. The number of hydrazone groups is 1. The number of nitrogens with zero attached hydrogens (tertiary/aromatic N) is 1. The molecule has 0 atom stereocenters. The molecule has 0 aliphatic heterocycles. The zero-order valence-corrected chi connectivity index (χ0v) is 13.8. The first kappa shape index (κ1) is 17.2. The monoisotopic (exact) mass is 309 g/mol. The van der Waals surface area contributed by atoms with Gasteiger partial charge in [-0.3, -0.25) is 5.43 Å². The number of nitrogens with one attached hydrogen (secondary N) is 2. The summed E-state index contributed by atoms with van der Waals surface area (Å²) in [5.74, 6) is 1.45.